The number of carbonyl (C=O) groups is 1. The summed E-state index contributed by atoms with van der Waals surface area (Å²) in [5, 5.41) is 22.4. The molecule has 0 fully saturated rings. The lowest BCUT2D eigenvalue weighted by Crippen LogP contribution is -2.13. The Kier molecular flexibility index (Phi) is 6.12. The van der Waals surface area contributed by atoms with Crippen LogP contribution in [0.25, 0.3) is 6.08 Å². The van der Waals surface area contributed by atoms with E-state index < -0.39 is 5.91 Å². The highest BCUT2D eigenvalue weighted by Gasteiger charge is 2.22. The standard InChI is InChI=1S/C25H19N3O2S/c26-15-18(13-17-7-6-10-20(14-17)30-19-8-2-1-3-9-19)24(29)28-25-22(16-27)21-11-4-5-12-23(21)31-25/h1-3,6-10,13-14H,4-5,11-12H2,(H,28,29)/b18-13+. The van der Waals surface area contributed by atoms with Crippen LogP contribution in [-0.4, -0.2) is 5.91 Å². The molecule has 1 aliphatic carbocycles. The quantitative estimate of drug-likeness (QED) is 0.411. The summed E-state index contributed by atoms with van der Waals surface area (Å²) in [4.78, 5) is 13.9. The Morgan fingerprint density at radius 1 is 1.03 bits per heavy atom. The molecular weight excluding hydrogens is 406 g/mol. The van der Waals surface area contributed by atoms with Crippen LogP contribution >= 0.6 is 11.3 Å². The van der Waals surface area contributed by atoms with Crippen LogP contribution in [0.4, 0.5) is 5.00 Å². The van der Waals surface area contributed by atoms with Crippen LogP contribution in [0.3, 0.4) is 0 Å². The van der Waals surface area contributed by atoms with Gasteiger partial charge < -0.3 is 10.1 Å². The predicted molar refractivity (Wildman–Crippen MR) is 121 cm³/mol. The smallest absolute Gasteiger partial charge is 0.266 e. The Bertz CT molecular complexity index is 1230. The van der Waals surface area contributed by atoms with E-state index in [0.29, 0.717) is 27.6 Å². The maximum Gasteiger partial charge on any atom is 0.266 e. The number of thiophene rings is 1. The van der Waals surface area contributed by atoms with Crippen molar-refractivity contribution in [3.05, 3.63) is 81.7 Å². The average Bonchev–Trinajstić information content (AvgIpc) is 3.15. The average molecular weight is 426 g/mol. The van der Waals surface area contributed by atoms with E-state index in [1.807, 2.05) is 42.5 Å². The molecule has 0 saturated heterocycles. The predicted octanol–water partition coefficient (Wildman–Crippen LogP) is 5.84. The summed E-state index contributed by atoms with van der Waals surface area (Å²) in [7, 11) is 0. The van der Waals surface area contributed by atoms with Gasteiger partial charge in [0.25, 0.3) is 5.91 Å². The number of hydrogen-bond acceptors (Lipinski definition) is 5. The van der Waals surface area contributed by atoms with Gasteiger partial charge in [0.2, 0.25) is 0 Å². The van der Waals surface area contributed by atoms with Gasteiger partial charge in [0, 0.05) is 4.88 Å². The number of nitrogens with zero attached hydrogens (tertiary/aromatic N) is 2. The SMILES string of the molecule is N#C/C(=C\c1cccc(Oc2ccccc2)c1)C(=O)Nc1sc2c(c1C#N)CCCC2. The zero-order valence-corrected chi connectivity index (χ0v) is 17.5. The van der Waals surface area contributed by atoms with E-state index in [9.17, 15) is 15.3 Å². The van der Waals surface area contributed by atoms with Gasteiger partial charge in [0.1, 0.15) is 34.2 Å². The molecule has 5 nitrogen and oxygen atoms in total. The number of benzene rings is 2. The van der Waals surface area contributed by atoms with Gasteiger partial charge in [-0.3, -0.25) is 4.79 Å². The topological polar surface area (TPSA) is 85.9 Å². The second-order valence-corrected chi connectivity index (χ2v) is 8.24. The number of fused-ring (bicyclic) bond motifs is 1. The monoisotopic (exact) mass is 425 g/mol. The van der Waals surface area contributed by atoms with Crippen molar-refractivity contribution in [1.29, 1.82) is 10.5 Å². The molecule has 4 rings (SSSR count). The van der Waals surface area contributed by atoms with E-state index >= 15 is 0 Å². The minimum atomic E-state index is -0.521. The van der Waals surface area contributed by atoms with E-state index in [4.69, 9.17) is 4.74 Å². The molecule has 0 spiro atoms. The van der Waals surface area contributed by atoms with Crippen LogP contribution in [0.5, 0.6) is 11.5 Å². The maximum atomic E-state index is 12.8. The molecule has 152 valence electrons. The van der Waals surface area contributed by atoms with Crippen LogP contribution in [0.2, 0.25) is 0 Å². The molecule has 0 radical (unpaired) electrons. The van der Waals surface area contributed by atoms with Crippen molar-refractivity contribution >= 4 is 28.3 Å². The van der Waals surface area contributed by atoms with Crippen molar-refractivity contribution in [1.82, 2.24) is 0 Å². The van der Waals surface area contributed by atoms with Crippen LogP contribution in [0.15, 0.2) is 60.2 Å². The largest absolute Gasteiger partial charge is 0.457 e. The summed E-state index contributed by atoms with van der Waals surface area (Å²) in [6, 6.07) is 20.8. The molecule has 1 amide bonds. The van der Waals surface area contributed by atoms with Gasteiger partial charge in [0.05, 0.1) is 5.56 Å². The van der Waals surface area contributed by atoms with Crippen molar-refractivity contribution in [2.75, 3.05) is 5.32 Å². The highest BCUT2D eigenvalue weighted by molar-refractivity contribution is 7.16. The molecule has 1 aliphatic rings. The molecule has 1 N–H and O–H groups in total. The lowest BCUT2D eigenvalue weighted by molar-refractivity contribution is -0.112. The summed E-state index contributed by atoms with van der Waals surface area (Å²) in [5.41, 5.74) is 2.21. The maximum absolute atomic E-state index is 12.8. The molecule has 2 aromatic carbocycles. The van der Waals surface area contributed by atoms with Crippen LogP contribution < -0.4 is 10.1 Å². The normalized spacial score (nSPS) is 12.9. The van der Waals surface area contributed by atoms with Gasteiger partial charge in [-0.2, -0.15) is 10.5 Å². The van der Waals surface area contributed by atoms with Gasteiger partial charge in [-0.05, 0) is 67.2 Å². The molecule has 6 heteroatoms. The number of para-hydroxylation sites is 1. The van der Waals surface area contributed by atoms with E-state index in [-0.39, 0.29) is 5.57 Å². The highest BCUT2D eigenvalue weighted by atomic mass is 32.1. The minimum absolute atomic E-state index is 0.0351. The number of nitriles is 2. The fourth-order valence-electron chi connectivity index (χ4n) is 3.55. The zero-order valence-electron chi connectivity index (χ0n) is 16.7. The van der Waals surface area contributed by atoms with E-state index in [1.54, 1.807) is 18.2 Å². The number of hydrogen-bond donors (Lipinski definition) is 1. The fourth-order valence-corrected chi connectivity index (χ4v) is 4.79. The summed E-state index contributed by atoms with van der Waals surface area (Å²) in [5.74, 6) is 0.787. The lowest BCUT2D eigenvalue weighted by atomic mass is 9.96. The lowest BCUT2D eigenvalue weighted by Gasteiger charge is -2.09. The van der Waals surface area contributed by atoms with Gasteiger partial charge in [0.15, 0.2) is 0 Å². The Labute approximate surface area is 184 Å². The third kappa shape index (κ3) is 4.66. The van der Waals surface area contributed by atoms with Crippen LogP contribution in [0.1, 0.15) is 34.4 Å². The van der Waals surface area contributed by atoms with Gasteiger partial charge >= 0.3 is 0 Å². The summed E-state index contributed by atoms with van der Waals surface area (Å²) in [6.07, 6.45) is 5.46. The first-order chi connectivity index (χ1) is 15.2. The molecule has 31 heavy (non-hydrogen) atoms. The van der Waals surface area contributed by atoms with Crippen molar-refractivity contribution < 1.29 is 9.53 Å². The second kappa shape index (κ2) is 9.30. The van der Waals surface area contributed by atoms with E-state index in [0.717, 1.165) is 36.1 Å². The molecule has 1 heterocycles. The molecular formula is C25H19N3O2S. The molecule has 3 aromatic rings. The Balaban J connectivity index is 1.55. The Hall–Kier alpha value is -3.87. The van der Waals surface area contributed by atoms with Gasteiger partial charge in [-0.25, -0.2) is 0 Å². The first kappa shape index (κ1) is 20.4. The minimum Gasteiger partial charge on any atom is -0.457 e. The number of ether oxygens (including phenoxy) is 1. The number of anilines is 1. The number of amides is 1. The number of rotatable bonds is 5. The first-order valence-corrected chi connectivity index (χ1v) is 10.8. The summed E-state index contributed by atoms with van der Waals surface area (Å²) in [6.45, 7) is 0. The zero-order chi connectivity index (χ0) is 21.6. The number of carbonyl (C=O) groups excluding carboxylic acids is 1. The second-order valence-electron chi connectivity index (χ2n) is 7.14. The Morgan fingerprint density at radius 2 is 1.81 bits per heavy atom. The third-order valence-corrected chi connectivity index (χ3v) is 6.23. The summed E-state index contributed by atoms with van der Waals surface area (Å²) >= 11 is 1.44. The highest BCUT2D eigenvalue weighted by Crippen LogP contribution is 2.37. The molecule has 0 aliphatic heterocycles. The van der Waals surface area contributed by atoms with E-state index in [1.165, 1.54) is 17.4 Å². The van der Waals surface area contributed by atoms with Crippen LogP contribution in [0, 0.1) is 22.7 Å². The first-order valence-electron chi connectivity index (χ1n) is 9.98. The Morgan fingerprint density at radius 3 is 2.58 bits per heavy atom. The van der Waals surface area contributed by atoms with Crippen molar-refractivity contribution in [3.8, 4) is 23.6 Å². The summed E-state index contributed by atoms with van der Waals surface area (Å²) < 4.78 is 5.82. The molecule has 0 saturated carbocycles. The van der Waals surface area contributed by atoms with Gasteiger partial charge in [-0.1, -0.05) is 30.3 Å². The molecule has 0 atom stereocenters. The third-order valence-electron chi connectivity index (χ3n) is 5.02. The van der Waals surface area contributed by atoms with Crippen molar-refractivity contribution in [2.24, 2.45) is 0 Å². The van der Waals surface area contributed by atoms with Crippen molar-refractivity contribution in [3.63, 3.8) is 0 Å². The molecule has 1 aromatic heterocycles. The van der Waals surface area contributed by atoms with Crippen LogP contribution in [-0.2, 0) is 17.6 Å². The molecule has 0 unspecified atom stereocenters. The fraction of sp³-hybridized carbons (Fsp3) is 0.160. The number of nitrogens with one attached hydrogen (secondary N) is 1. The van der Waals surface area contributed by atoms with E-state index in [2.05, 4.69) is 11.4 Å². The number of aryl methyl sites for hydroxylation is 1. The van der Waals surface area contributed by atoms with Gasteiger partial charge in [-0.15, -0.1) is 11.3 Å². The van der Waals surface area contributed by atoms with Crippen molar-refractivity contribution in [2.45, 2.75) is 25.7 Å². The molecule has 0 bridgehead atoms.